The molecule has 0 saturated heterocycles. The van der Waals surface area contributed by atoms with Crippen LogP contribution in [0.25, 0.3) is 22.4 Å². The van der Waals surface area contributed by atoms with Gasteiger partial charge in [-0.05, 0) is 18.2 Å². The zero-order chi connectivity index (χ0) is 14.4. The highest BCUT2D eigenvalue weighted by Gasteiger charge is 2.15. The molecule has 0 radical (unpaired) electrons. The number of hydrogen-bond acceptors (Lipinski definition) is 3. The molecule has 21 heavy (non-hydrogen) atoms. The van der Waals surface area contributed by atoms with Crippen LogP contribution < -0.4 is 9.47 Å². The fourth-order valence-electron chi connectivity index (χ4n) is 2.33. The van der Waals surface area contributed by atoms with E-state index in [0.717, 1.165) is 11.0 Å². The molecule has 4 rings (SSSR count). The van der Waals surface area contributed by atoms with Crippen LogP contribution in [0, 0.1) is 5.82 Å². The van der Waals surface area contributed by atoms with Gasteiger partial charge in [-0.3, -0.25) is 0 Å². The molecular weight excluding hydrogens is 295 g/mol. The smallest absolute Gasteiger partial charge is 0.163 e. The Labute approximate surface area is 124 Å². The van der Waals surface area contributed by atoms with Crippen molar-refractivity contribution in [3.8, 4) is 22.9 Å². The van der Waals surface area contributed by atoms with Gasteiger partial charge in [-0.15, -0.1) is 0 Å². The Morgan fingerprint density at radius 3 is 2.62 bits per heavy atom. The second-order valence-electron chi connectivity index (χ2n) is 4.73. The van der Waals surface area contributed by atoms with Crippen LogP contribution in [0.1, 0.15) is 0 Å². The Kier molecular flexibility index (Phi) is 2.75. The van der Waals surface area contributed by atoms with Gasteiger partial charge in [0, 0.05) is 17.7 Å². The van der Waals surface area contributed by atoms with E-state index in [1.165, 1.54) is 12.1 Å². The van der Waals surface area contributed by atoms with Crippen molar-refractivity contribution in [1.82, 2.24) is 9.97 Å². The highest BCUT2D eigenvalue weighted by molar-refractivity contribution is 6.30. The number of H-pyrrole nitrogens is 1. The van der Waals surface area contributed by atoms with E-state index in [-0.39, 0.29) is 5.02 Å². The Bertz CT molecular complexity index is 804. The van der Waals surface area contributed by atoms with Gasteiger partial charge in [0.25, 0.3) is 0 Å². The van der Waals surface area contributed by atoms with Crippen LogP contribution in [0.5, 0.6) is 11.5 Å². The lowest BCUT2D eigenvalue weighted by Crippen LogP contribution is -2.15. The van der Waals surface area contributed by atoms with Gasteiger partial charge in [-0.1, -0.05) is 11.6 Å². The van der Waals surface area contributed by atoms with Crippen LogP contribution in [0.2, 0.25) is 5.02 Å². The van der Waals surface area contributed by atoms with E-state index in [2.05, 4.69) is 9.97 Å². The summed E-state index contributed by atoms with van der Waals surface area (Å²) in [7, 11) is 0. The van der Waals surface area contributed by atoms with Gasteiger partial charge in [0.1, 0.15) is 24.9 Å². The Balaban J connectivity index is 1.84. The van der Waals surface area contributed by atoms with Crippen molar-refractivity contribution < 1.29 is 13.9 Å². The van der Waals surface area contributed by atoms with Crippen molar-refractivity contribution in [2.24, 2.45) is 0 Å². The Hall–Kier alpha value is -2.27. The van der Waals surface area contributed by atoms with E-state index in [9.17, 15) is 4.39 Å². The Morgan fingerprint density at radius 1 is 1.10 bits per heavy atom. The third kappa shape index (κ3) is 2.10. The van der Waals surface area contributed by atoms with Gasteiger partial charge in [-0.25, -0.2) is 9.37 Å². The number of rotatable bonds is 1. The second kappa shape index (κ2) is 4.63. The number of aromatic nitrogens is 2. The highest BCUT2D eigenvalue weighted by Crippen LogP contribution is 2.35. The van der Waals surface area contributed by atoms with Gasteiger partial charge in [0.15, 0.2) is 11.5 Å². The summed E-state index contributed by atoms with van der Waals surface area (Å²) >= 11 is 5.69. The Morgan fingerprint density at radius 2 is 1.86 bits per heavy atom. The lowest BCUT2D eigenvalue weighted by atomic mass is 10.2. The fourth-order valence-corrected chi connectivity index (χ4v) is 2.44. The predicted octanol–water partition coefficient (Wildman–Crippen LogP) is 3.79. The van der Waals surface area contributed by atoms with E-state index in [1.54, 1.807) is 6.07 Å². The summed E-state index contributed by atoms with van der Waals surface area (Å²) in [6, 6.07) is 8.24. The molecule has 0 atom stereocenters. The van der Waals surface area contributed by atoms with Crippen molar-refractivity contribution in [3.05, 3.63) is 41.2 Å². The van der Waals surface area contributed by atoms with Crippen LogP contribution in [-0.2, 0) is 0 Å². The first-order valence-electron chi connectivity index (χ1n) is 6.45. The van der Waals surface area contributed by atoms with Crippen molar-refractivity contribution in [3.63, 3.8) is 0 Å². The van der Waals surface area contributed by atoms with Crippen molar-refractivity contribution >= 4 is 22.6 Å². The van der Waals surface area contributed by atoms with E-state index in [0.29, 0.717) is 36.1 Å². The van der Waals surface area contributed by atoms with Crippen LogP contribution in [0.3, 0.4) is 0 Å². The zero-order valence-electron chi connectivity index (χ0n) is 10.8. The maximum absolute atomic E-state index is 13.6. The van der Waals surface area contributed by atoms with Gasteiger partial charge < -0.3 is 14.5 Å². The molecule has 2 heterocycles. The van der Waals surface area contributed by atoms with Gasteiger partial charge in [-0.2, -0.15) is 0 Å². The normalized spacial score (nSPS) is 13.6. The maximum atomic E-state index is 13.6. The molecule has 106 valence electrons. The van der Waals surface area contributed by atoms with Crippen LogP contribution in [-0.4, -0.2) is 23.2 Å². The minimum Gasteiger partial charge on any atom is -0.486 e. The monoisotopic (exact) mass is 304 g/mol. The molecule has 1 aromatic heterocycles. The largest absolute Gasteiger partial charge is 0.486 e. The molecule has 0 bridgehead atoms. The topological polar surface area (TPSA) is 47.1 Å². The standard InChI is InChI=1S/C15H10ClFN2O2/c16-9-2-1-8(5-10(9)17)15-18-11-6-13-14(7-12(11)19-15)21-4-3-20-13/h1-2,5-7H,3-4H2,(H,18,19). The molecule has 0 amide bonds. The molecule has 0 aliphatic carbocycles. The number of benzene rings is 2. The minimum absolute atomic E-state index is 0.0899. The summed E-state index contributed by atoms with van der Waals surface area (Å²) in [4.78, 5) is 7.61. The molecule has 6 heteroatoms. The molecule has 1 aliphatic heterocycles. The van der Waals surface area contributed by atoms with Gasteiger partial charge in [0.05, 0.1) is 16.1 Å². The average Bonchev–Trinajstić information content (AvgIpc) is 2.90. The molecule has 3 aromatic rings. The van der Waals surface area contributed by atoms with E-state index >= 15 is 0 Å². The molecule has 1 N–H and O–H groups in total. The summed E-state index contributed by atoms with van der Waals surface area (Å²) < 4.78 is 24.6. The van der Waals surface area contributed by atoms with Crippen LogP contribution in [0.15, 0.2) is 30.3 Å². The van der Waals surface area contributed by atoms with E-state index in [4.69, 9.17) is 21.1 Å². The predicted molar refractivity (Wildman–Crippen MR) is 77.5 cm³/mol. The zero-order valence-corrected chi connectivity index (χ0v) is 11.6. The molecular formula is C15H10ClFN2O2. The molecule has 4 nitrogen and oxygen atoms in total. The van der Waals surface area contributed by atoms with E-state index < -0.39 is 5.82 Å². The summed E-state index contributed by atoms with van der Waals surface area (Å²) in [5, 5.41) is 0.0899. The van der Waals surface area contributed by atoms with Crippen molar-refractivity contribution in [2.75, 3.05) is 13.2 Å². The SMILES string of the molecule is Fc1cc(-c2nc3cc4c(cc3[nH]2)OCCO4)ccc1Cl. The number of nitrogens with zero attached hydrogens (tertiary/aromatic N) is 1. The fraction of sp³-hybridized carbons (Fsp3) is 0.133. The number of aromatic amines is 1. The summed E-state index contributed by atoms with van der Waals surface area (Å²) in [6.45, 7) is 1.06. The first-order chi connectivity index (χ1) is 10.2. The number of nitrogens with one attached hydrogen (secondary N) is 1. The third-order valence-corrected chi connectivity index (χ3v) is 3.65. The molecule has 0 spiro atoms. The first kappa shape index (κ1) is 12.5. The summed E-state index contributed by atoms with van der Waals surface area (Å²) in [5.41, 5.74) is 2.18. The lowest BCUT2D eigenvalue weighted by Gasteiger charge is -2.17. The number of halogens is 2. The molecule has 2 aromatic carbocycles. The van der Waals surface area contributed by atoms with Crippen LogP contribution in [0.4, 0.5) is 4.39 Å². The number of hydrogen-bond donors (Lipinski definition) is 1. The quantitative estimate of drug-likeness (QED) is 0.744. The first-order valence-corrected chi connectivity index (χ1v) is 6.83. The van der Waals surface area contributed by atoms with Gasteiger partial charge >= 0.3 is 0 Å². The van der Waals surface area contributed by atoms with Crippen LogP contribution >= 0.6 is 11.6 Å². The van der Waals surface area contributed by atoms with Crippen molar-refractivity contribution in [2.45, 2.75) is 0 Å². The third-order valence-electron chi connectivity index (χ3n) is 3.34. The number of imidazole rings is 1. The molecule has 0 saturated carbocycles. The average molecular weight is 305 g/mol. The molecule has 0 fully saturated rings. The summed E-state index contributed by atoms with van der Waals surface area (Å²) in [6.07, 6.45) is 0. The number of ether oxygens (including phenoxy) is 2. The maximum Gasteiger partial charge on any atom is 0.163 e. The number of fused-ring (bicyclic) bond motifs is 2. The minimum atomic E-state index is -0.472. The molecule has 0 unspecified atom stereocenters. The van der Waals surface area contributed by atoms with Gasteiger partial charge in [0.2, 0.25) is 0 Å². The summed E-state index contributed by atoms with van der Waals surface area (Å²) in [5.74, 6) is 1.46. The van der Waals surface area contributed by atoms with E-state index in [1.807, 2.05) is 12.1 Å². The van der Waals surface area contributed by atoms with Crippen molar-refractivity contribution in [1.29, 1.82) is 0 Å². The lowest BCUT2D eigenvalue weighted by molar-refractivity contribution is 0.172. The highest BCUT2D eigenvalue weighted by atomic mass is 35.5. The second-order valence-corrected chi connectivity index (χ2v) is 5.13. The molecule has 1 aliphatic rings.